The molecule has 0 bridgehead atoms. The van der Waals surface area contributed by atoms with Crippen LogP contribution in [-0.4, -0.2) is 35.7 Å². The predicted octanol–water partition coefficient (Wildman–Crippen LogP) is 2.46. The van der Waals surface area contributed by atoms with Crippen LogP contribution in [0.3, 0.4) is 0 Å². The number of carbonyl (C=O) groups is 1. The smallest absolute Gasteiger partial charge is 0.427 e. The van der Waals surface area contributed by atoms with Gasteiger partial charge in [0.2, 0.25) is 5.91 Å². The molecule has 1 unspecified atom stereocenters. The highest BCUT2D eigenvalue weighted by Gasteiger charge is 2.33. The van der Waals surface area contributed by atoms with E-state index >= 15 is 0 Å². The first kappa shape index (κ1) is 20.9. The summed E-state index contributed by atoms with van der Waals surface area (Å²) in [7, 11) is -0.970. The number of pyridine rings is 1. The molecule has 5 rings (SSSR count). The van der Waals surface area contributed by atoms with Crippen LogP contribution < -0.4 is 21.4 Å². The molecule has 4 aromatic rings. The zero-order valence-corrected chi connectivity index (χ0v) is 17.8. The second-order valence-electron chi connectivity index (χ2n) is 7.86. The third-order valence-electron chi connectivity index (χ3n) is 5.85. The van der Waals surface area contributed by atoms with Crippen LogP contribution in [0.25, 0.3) is 10.8 Å². The van der Waals surface area contributed by atoms with Gasteiger partial charge in [0, 0.05) is 35.7 Å². The number of rotatable bonds is 5. The average molecular weight is 435 g/mol. The molecule has 0 saturated heterocycles. The molecule has 0 radical (unpaired) electrons. The number of anilines is 2. The van der Waals surface area contributed by atoms with Gasteiger partial charge in [0.1, 0.15) is 0 Å². The first-order chi connectivity index (χ1) is 16.2. The monoisotopic (exact) mass is 435 g/mol. The van der Waals surface area contributed by atoms with Gasteiger partial charge in [0.05, 0.1) is 12.1 Å². The lowest BCUT2D eigenvalue weighted by atomic mass is 9.67. The van der Waals surface area contributed by atoms with Crippen LogP contribution >= 0.6 is 0 Å². The van der Waals surface area contributed by atoms with E-state index in [1.54, 1.807) is 23.5 Å². The molecular formula is C25H22BN5O2. The lowest BCUT2D eigenvalue weighted by Gasteiger charge is -2.29. The number of hydrogen-bond donors (Lipinski definition) is 3. The van der Waals surface area contributed by atoms with E-state index in [-0.39, 0.29) is 12.5 Å². The predicted molar refractivity (Wildman–Crippen MR) is 133 cm³/mol. The third kappa shape index (κ3) is 3.97. The van der Waals surface area contributed by atoms with Crippen molar-refractivity contribution in [2.75, 3.05) is 16.8 Å². The topological polar surface area (TPSA) is 104 Å². The summed E-state index contributed by atoms with van der Waals surface area (Å²) in [5.41, 5.74) is 9.63. The summed E-state index contributed by atoms with van der Waals surface area (Å²) in [6.07, 6.45) is 5.18. The zero-order chi connectivity index (χ0) is 22.8. The highest BCUT2D eigenvalue weighted by molar-refractivity contribution is 6.71. The largest absolute Gasteiger partial charge is 0.471 e. The molecule has 2 heterocycles. The Bertz CT molecular complexity index is 1350. The molecule has 1 atom stereocenters. The van der Waals surface area contributed by atoms with Crippen molar-refractivity contribution in [3.63, 3.8) is 0 Å². The molecule has 1 aliphatic heterocycles. The maximum Gasteiger partial charge on any atom is 0.471 e. The third-order valence-corrected chi connectivity index (χ3v) is 5.85. The van der Waals surface area contributed by atoms with E-state index in [1.165, 1.54) is 0 Å². The first-order valence-electron chi connectivity index (χ1n) is 10.7. The number of benzene rings is 3. The van der Waals surface area contributed by atoms with Gasteiger partial charge in [-0.15, -0.1) is 0 Å². The summed E-state index contributed by atoms with van der Waals surface area (Å²) in [6.45, 7) is 0.117. The zero-order valence-electron chi connectivity index (χ0n) is 17.8. The number of amides is 1. The van der Waals surface area contributed by atoms with Crippen molar-refractivity contribution < 1.29 is 9.82 Å². The number of hydrogen-bond acceptors (Lipinski definition) is 6. The van der Waals surface area contributed by atoms with Crippen LogP contribution in [0.4, 0.5) is 11.4 Å². The molecule has 1 aromatic heterocycles. The molecule has 3 aromatic carbocycles. The molecule has 0 spiro atoms. The summed E-state index contributed by atoms with van der Waals surface area (Å²) in [5, 5.41) is 20.4. The minimum atomic E-state index is -0.970. The van der Waals surface area contributed by atoms with E-state index in [2.05, 4.69) is 15.4 Å². The number of fused-ring (bicyclic) bond motifs is 2. The fourth-order valence-corrected chi connectivity index (χ4v) is 4.15. The summed E-state index contributed by atoms with van der Waals surface area (Å²) < 4.78 is 0. The lowest BCUT2D eigenvalue weighted by molar-refractivity contribution is -0.117. The Hall–Kier alpha value is -4.01. The van der Waals surface area contributed by atoms with Gasteiger partial charge >= 0.3 is 7.05 Å². The molecule has 162 valence electrons. The minimum absolute atomic E-state index is 0.117. The van der Waals surface area contributed by atoms with Crippen LogP contribution in [0.2, 0.25) is 0 Å². The molecule has 0 fully saturated rings. The van der Waals surface area contributed by atoms with Crippen molar-refractivity contribution >= 4 is 46.8 Å². The van der Waals surface area contributed by atoms with Gasteiger partial charge in [0.15, 0.2) is 0 Å². The molecule has 1 amide bonds. The van der Waals surface area contributed by atoms with Gasteiger partial charge in [0.25, 0.3) is 0 Å². The van der Waals surface area contributed by atoms with E-state index in [1.807, 2.05) is 72.8 Å². The minimum Gasteiger partial charge on any atom is -0.427 e. The fraction of sp³-hybridized carbons (Fsp3) is 0.0800. The number of hydrazone groups is 1. The van der Waals surface area contributed by atoms with Gasteiger partial charge in [-0.1, -0.05) is 42.5 Å². The van der Waals surface area contributed by atoms with Gasteiger partial charge < -0.3 is 16.1 Å². The number of nitrogens with one attached hydrogen (secondary N) is 1. The van der Waals surface area contributed by atoms with Crippen LogP contribution in [0, 0.1) is 0 Å². The normalized spacial score (nSPS) is 13.6. The van der Waals surface area contributed by atoms with Gasteiger partial charge in [-0.05, 0) is 52.3 Å². The maximum absolute atomic E-state index is 13.2. The van der Waals surface area contributed by atoms with Crippen LogP contribution in [0.15, 0.2) is 90.3 Å². The SMILES string of the molecule is NCC(C(=O)Nc1ccc2cnccc2c1)c1cccc2c1C=NN(c1ccccc1)B2O. The Labute approximate surface area is 191 Å². The number of nitrogens with two attached hydrogens (primary N) is 1. The molecule has 4 N–H and O–H groups in total. The highest BCUT2D eigenvalue weighted by Crippen LogP contribution is 2.25. The Morgan fingerprint density at radius 1 is 1.06 bits per heavy atom. The van der Waals surface area contributed by atoms with Gasteiger partial charge in [-0.25, -0.2) is 0 Å². The standard InChI is InChI=1S/C25H22BN5O2/c27-14-22(25(32)30-19-10-9-18-15-28-12-11-17(18)13-19)21-7-4-8-24-23(21)16-29-31(26(24)33)20-5-2-1-3-6-20/h1-13,15-16,22,33H,14,27H2,(H,30,32). The van der Waals surface area contributed by atoms with E-state index < -0.39 is 13.0 Å². The van der Waals surface area contributed by atoms with Crippen molar-refractivity contribution in [3.8, 4) is 0 Å². The van der Waals surface area contributed by atoms with Crippen molar-refractivity contribution in [1.82, 2.24) is 4.98 Å². The molecule has 1 aliphatic rings. The number of para-hydroxylation sites is 1. The summed E-state index contributed by atoms with van der Waals surface area (Å²) >= 11 is 0. The average Bonchev–Trinajstić information content (AvgIpc) is 2.85. The Kier molecular flexibility index (Phi) is 5.60. The molecule has 7 nitrogen and oxygen atoms in total. The maximum atomic E-state index is 13.2. The number of carbonyl (C=O) groups excluding carboxylic acids is 1. The van der Waals surface area contributed by atoms with Gasteiger partial charge in [-0.2, -0.15) is 5.10 Å². The van der Waals surface area contributed by atoms with Crippen molar-refractivity contribution in [2.45, 2.75) is 5.92 Å². The molecule has 33 heavy (non-hydrogen) atoms. The molecule has 0 aliphatic carbocycles. The second-order valence-corrected chi connectivity index (χ2v) is 7.86. The summed E-state index contributed by atoms with van der Waals surface area (Å²) in [4.78, 5) is 18.9. The van der Waals surface area contributed by atoms with E-state index in [4.69, 9.17) is 5.73 Å². The van der Waals surface area contributed by atoms with Crippen LogP contribution in [0.1, 0.15) is 17.0 Å². The lowest BCUT2D eigenvalue weighted by Crippen LogP contribution is -2.51. The Morgan fingerprint density at radius 2 is 1.91 bits per heavy atom. The van der Waals surface area contributed by atoms with E-state index in [0.717, 1.165) is 22.0 Å². The Morgan fingerprint density at radius 3 is 2.73 bits per heavy atom. The summed E-state index contributed by atoms with van der Waals surface area (Å²) in [6, 6.07) is 22.6. The molecular weight excluding hydrogens is 413 g/mol. The Balaban J connectivity index is 1.44. The van der Waals surface area contributed by atoms with E-state index in [0.29, 0.717) is 16.7 Å². The van der Waals surface area contributed by atoms with Gasteiger partial charge in [-0.3, -0.25) is 14.7 Å². The van der Waals surface area contributed by atoms with Crippen LogP contribution in [0.5, 0.6) is 0 Å². The van der Waals surface area contributed by atoms with E-state index in [9.17, 15) is 9.82 Å². The number of nitrogens with zero attached hydrogens (tertiary/aromatic N) is 3. The van der Waals surface area contributed by atoms with Crippen molar-refractivity contribution in [2.24, 2.45) is 10.8 Å². The first-order valence-corrected chi connectivity index (χ1v) is 10.7. The highest BCUT2D eigenvalue weighted by atomic mass is 16.2. The quantitative estimate of drug-likeness (QED) is 0.418. The fourth-order valence-electron chi connectivity index (χ4n) is 4.15. The summed E-state index contributed by atoms with van der Waals surface area (Å²) in [5.74, 6) is -0.817. The second kappa shape index (κ2) is 8.86. The van der Waals surface area contributed by atoms with Crippen molar-refractivity contribution in [1.29, 1.82) is 0 Å². The van der Waals surface area contributed by atoms with Crippen molar-refractivity contribution in [3.05, 3.63) is 96.3 Å². The molecule has 0 saturated carbocycles. The molecule has 8 heteroatoms. The number of aromatic nitrogens is 1. The van der Waals surface area contributed by atoms with Crippen LogP contribution in [-0.2, 0) is 4.79 Å².